The van der Waals surface area contributed by atoms with Crippen molar-refractivity contribution in [2.24, 2.45) is 0 Å². The summed E-state index contributed by atoms with van der Waals surface area (Å²) in [5, 5.41) is 68.7. The molecule has 4 rings (SSSR count). The van der Waals surface area contributed by atoms with Gasteiger partial charge in [-0.15, -0.1) is 0 Å². The van der Waals surface area contributed by atoms with Crippen molar-refractivity contribution in [3.63, 3.8) is 0 Å². The molecule has 7 N–H and O–H groups in total. The molecule has 11 nitrogen and oxygen atoms in total. The molecule has 1 aromatic heterocycles. The molecule has 0 spiro atoms. The zero-order valence-electron chi connectivity index (χ0n) is 15.7. The Bertz CT molecular complexity index is 1220. The second-order valence-corrected chi connectivity index (χ2v) is 7.13. The number of phenols is 4. The number of ether oxygens (including phenoxy) is 2. The number of aromatic hydroxyl groups is 4. The molecule has 0 amide bonds. The average molecular weight is 434 g/mol. The van der Waals surface area contributed by atoms with Crippen molar-refractivity contribution in [2.45, 2.75) is 18.0 Å². The van der Waals surface area contributed by atoms with Gasteiger partial charge in [-0.05, 0) is 18.2 Å². The summed E-state index contributed by atoms with van der Waals surface area (Å²) < 4.78 is 16.1. The Labute approximate surface area is 173 Å². The summed E-state index contributed by atoms with van der Waals surface area (Å²) in [4.78, 5) is 12.5. The van der Waals surface area contributed by atoms with E-state index in [2.05, 4.69) is 0 Å². The number of aliphatic hydroxyl groups excluding tert-OH is 2. The number of rotatable bonds is 4. The molecule has 1 fully saturated rings. The van der Waals surface area contributed by atoms with Gasteiger partial charge in [0.05, 0.1) is 13.2 Å². The standard InChI is InChI=1S/C20H18O11/c21-6-20(28)7-29-19(18(20)27)31-14-5-13-15(17(26)16(14)25)11(24)4-12(30-13)8-1-2-9(22)10(23)3-8/h1-5,18-19,21-23,25-28H,6-7H2/t18-,19+,20-/m1/s1. The Morgan fingerprint density at radius 2 is 1.81 bits per heavy atom. The van der Waals surface area contributed by atoms with Crippen LogP contribution < -0.4 is 10.2 Å². The third-order valence-electron chi connectivity index (χ3n) is 5.01. The van der Waals surface area contributed by atoms with E-state index in [4.69, 9.17) is 13.9 Å². The fraction of sp³-hybridized carbons (Fsp3) is 0.250. The lowest BCUT2D eigenvalue weighted by molar-refractivity contribution is -0.116. The molecule has 164 valence electrons. The summed E-state index contributed by atoms with van der Waals surface area (Å²) in [7, 11) is 0. The zero-order valence-corrected chi connectivity index (χ0v) is 15.7. The maximum Gasteiger partial charge on any atom is 0.229 e. The van der Waals surface area contributed by atoms with E-state index in [1.165, 1.54) is 12.1 Å². The fourth-order valence-corrected chi connectivity index (χ4v) is 3.20. The van der Waals surface area contributed by atoms with Crippen LogP contribution in [0.5, 0.6) is 28.7 Å². The van der Waals surface area contributed by atoms with Gasteiger partial charge in [0.2, 0.25) is 12.0 Å². The van der Waals surface area contributed by atoms with E-state index < -0.39 is 59.6 Å². The average Bonchev–Trinajstić information content (AvgIpc) is 3.02. The van der Waals surface area contributed by atoms with Crippen LogP contribution in [-0.4, -0.2) is 67.0 Å². The number of benzene rings is 2. The summed E-state index contributed by atoms with van der Waals surface area (Å²) in [6.07, 6.45) is -3.17. The molecule has 3 atom stereocenters. The molecule has 11 heteroatoms. The minimum absolute atomic E-state index is 0.0179. The van der Waals surface area contributed by atoms with Crippen LogP contribution in [-0.2, 0) is 4.74 Å². The topological polar surface area (TPSA) is 190 Å². The maximum atomic E-state index is 12.5. The van der Waals surface area contributed by atoms with Gasteiger partial charge in [0.1, 0.15) is 28.4 Å². The molecule has 0 radical (unpaired) electrons. The summed E-state index contributed by atoms with van der Waals surface area (Å²) in [5.74, 6) is -2.93. The predicted molar refractivity (Wildman–Crippen MR) is 103 cm³/mol. The molecular formula is C20H18O11. The highest BCUT2D eigenvalue weighted by Crippen LogP contribution is 2.43. The van der Waals surface area contributed by atoms with Gasteiger partial charge in [-0.1, -0.05) is 0 Å². The zero-order chi connectivity index (χ0) is 22.5. The maximum absolute atomic E-state index is 12.5. The van der Waals surface area contributed by atoms with Gasteiger partial charge in [0.25, 0.3) is 0 Å². The second-order valence-electron chi connectivity index (χ2n) is 7.13. The van der Waals surface area contributed by atoms with Crippen LogP contribution in [0, 0.1) is 0 Å². The van der Waals surface area contributed by atoms with Crippen molar-refractivity contribution in [1.29, 1.82) is 0 Å². The highest BCUT2D eigenvalue weighted by atomic mass is 16.7. The Kier molecular flexibility index (Phi) is 4.90. The van der Waals surface area contributed by atoms with Gasteiger partial charge >= 0.3 is 0 Å². The van der Waals surface area contributed by atoms with Gasteiger partial charge in [0.15, 0.2) is 28.4 Å². The molecule has 3 aromatic rings. The van der Waals surface area contributed by atoms with E-state index in [0.717, 1.165) is 18.2 Å². The molecule has 31 heavy (non-hydrogen) atoms. The molecule has 2 aromatic carbocycles. The quantitative estimate of drug-likeness (QED) is 0.276. The van der Waals surface area contributed by atoms with E-state index >= 15 is 0 Å². The Morgan fingerprint density at radius 1 is 1.06 bits per heavy atom. The molecule has 0 unspecified atom stereocenters. The largest absolute Gasteiger partial charge is 0.504 e. The summed E-state index contributed by atoms with van der Waals surface area (Å²) in [6, 6.07) is 5.84. The van der Waals surface area contributed by atoms with Gasteiger partial charge in [0, 0.05) is 17.7 Å². The van der Waals surface area contributed by atoms with Crippen LogP contribution in [0.3, 0.4) is 0 Å². The number of phenolic OH excluding ortho intramolecular Hbond substituents is 4. The van der Waals surface area contributed by atoms with Gasteiger partial charge in [-0.3, -0.25) is 4.79 Å². The highest BCUT2D eigenvalue weighted by molar-refractivity contribution is 5.89. The molecule has 1 aliphatic rings. The smallest absolute Gasteiger partial charge is 0.229 e. The monoisotopic (exact) mass is 434 g/mol. The van der Waals surface area contributed by atoms with Crippen LogP contribution in [0.25, 0.3) is 22.3 Å². The first-order chi connectivity index (χ1) is 14.6. The first-order valence-corrected chi connectivity index (χ1v) is 8.99. The van der Waals surface area contributed by atoms with Crippen molar-refractivity contribution >= 4 is 11.0 Å². The van der Waals surface area contributed by atoms with E-state index in [-0.39, 0.29) is 28.0 Å². The fourth-order valence-electron chi connectivity index (χ4n) is 3.20. The first-order valence-electron chi connectivity index (χ1n) is 8.99. The number of hydrogen-bond donors (Lipinski definition) is 7. The number of aliphatic hydroxyl groups is 3. The van der Waals surface area contributed by atoms with Crippen molar-refractivity contribution in [1.82, 2.24) is 0 Å². The molecular weight excluding hydrogens is 416 g/mol. The molecule has 0 aliphatic carbocycles. The second kappa shape index (κ2) is 7.32. The lowest BCUT2D eigenvalue weighted by Gasteiger charge is -2.24. The highest BCUT2D eigenvalue weighted by Gasteiger charge is 2.49. The van der Waals surface area contributed by atoms with Gasteiger partial charge in [-0.25, -0.2) is 0 Å². The van der Waals surface area contributed by atoms with Gasteiger partial charge in [-0.2, -0.15) is 0 Å². The van der Waals surface area contributed by atoms with Crippen LogP contribution in [0.2, 0.25) is 0 Å². The van der Waals surface area contributed by atoms with Crippen LogP contribution in [0.15, 0.2) is 39.5 Å². The van der Waals surface area contributed by atoms with E-state index in [1.807, 2.05) is 0 Å². The molecule has 0 bridgehead atoms. The van der Waals surface area contributed by atoms with Crippen molar-refractivity contribution < 1.29 is 49.6 Å². The normalized spacial score (nSPS) is 23.3. The van der Waals surface area contributed by atoms with Crippen molar-refractivity contribution in [2.75, 3.05) is 13.2 Å². The summed E-state index contributed by atoms with van der Waals surface area (Å²) >= 11 is 0. The molecule has 0 saturated carbocycles. The number of fused-ring (bicyclic) bond motifs is 1. The molecule has 1 saturated heterocycles. The van der Waals surface area contributed by atoms with Crippen LogP contribution in [0.1, 0.15) is 0 Å². The minimum Gasteiger partial charge on any atom is -0.504 e. The van der Waals surface area contributed by atoms with Gasteiger partial charge < -0.3 is 49.6 Å². The summed E-state index contributed by atoms with van der Waals surface area (Å²) in [6.45, 7) is -1.25. The molecule has 2 heterocycles. The lowest BCUT2D eigenvalue weighted by atomic mass is 10.0. The minimum atomic E-state index is -1.97. The van der Waals surface area contributed by atoms with E-state index in [0.29, 0.717) is 0 Å². The van der Waals surface area contributed by atoms with E-state index in [1.54, 1.807) is 0 Å². The Hall–Kier alpha value is -3.51. The Morgan fingerprint density at radius 3 is 2.45 bits per heavy atom. The van der Waals surface area contributed by atoms with Crippen LogP contribution >= 0.6 is 0 Å². The lowest BCUT2D eigenvalue weighted by Crippen LogP contribution is -2.48. The van der Waals surface area contributed by atoms with Crippen LogP contribution in [0.4, 0.5) is 0 Å². The first kappa shape index (κ1) is 20.8. The predicted octanol–water partition coefficient (Wildman–Crippen LogP) is 0.102. The number of hydrogen-bond acceptors (Lipinski definition) is 11. The SMILES string of the molecule is O=c1cc(-c2ccc(O)c(O)c2)oc2cc(O[C@@H]3OC[C@](O)(CO)[C@@H]3O)c(O)c(O)c12. The van der Waals surface area contributed by atoms with Crippen molar-refractivity contribution in [3.05, 3.63) is 40.6 Å². The summed E-state index contributed by atoms with van der Waals surface area (Å²) in [5.41, 5.74) is -2.65. The third-order valence-corrected chi connectivity index (χ3v) is 5.01. The Balaban J connectivity index is 1.79. The molecule has 1 aliphatic heterocycles. The van der Waals surface area contributed by atoms with Crippen molar-refractivity contribution in [3.8, 4) is 40.1 Å². The third kappa shape index (κ3) is 3.39. The van der Waals surface area contributed by atoms with E-state index in [9.17, 15) is 40.5 Å².